The van der Waals surface area contributed by atoms with Crippen LogP contribution in [0.5, 0.6) is 0 Å². The number of carboxylic acid groups (broad SMARTS) is 1. The van der Waals surface area contributed by atoms with Crippen molar-refractivity contribution in [3.8, 4) is 6.07 Å². The molecule has 1 aromatic carbocycles. The van der Waals surface area contributed by atoms with Crippen LogP contribution in [0, 0.1) is 18.3 Å². The van der Waals surface area contributed by atoms with E-state index in [1.54, 1.807) is 18.2 Å². The smallest absolute Gasteiger partial charge is 0.337 e. The molecule has 188 valence electrons. The molecular formula is C27H32N6O3. The van der Waals surface area contributed by atoms with Crippen LogP contribution in [0.25, 0.3) is 10.9 Å². The van der Waals surface area contributed by atoms with Crippen LogP contribution in [0.3, 0.4) is 0 Å². The lowest BCUT2D eigenvalue weighted by molar-refractivity contribution is 0.0696. The Balaban J connectivity index is 0.00000148. The molecular weight excluding hydrogens is 456 g/mol. The van der Waals surface area contributed by atoms with E-state index < -0.39 is 5.97 Å². The van der Waals surface area contributed by atoms with Crippen LogP contribution in [0.4, 0.5) is 11.5 Å². The number of anilines is 2. The molecule has 9 heteroatoms. The number of piperazine rings is 2. The van der Waals surface area contributed by atoms with Crippen molar-refractivity contribution >= 4 is 28.4 Å². The minimum absolute atomic E-state index is 0.197. The van der Waals surface area contributed by atoms with E-state index >= 15 is 0 Å². The van der Waals surface area contributed by atoms with Crippen molar-refractivity contribution in [2.45, 2.75) is 39.8 Å². The van der Waals surface area contributed by atoms with Gasteiger partial charge < -0.3 is 19.9 Å². The highest BCUT2D eigenvalue weighted by molar-refractivity contribution is 5.95. The van der Waals surface area contributed by atoms with Crippen LogP contribution in [-0.2, 0) is 0 Å². The van der Waals surface area contributed by atoms with Gasteiger partial charge in [0.15, 0.2) is 0 Å². The molecule has 2 atom stereocenters. The van der Waals surface area contributed by atoms with Gasteiger partial charge in [-0.1, -0.05) is 13.8 Å². The Labute approximate surface area is 210 Å². The number of nitrogens with zero attached hydrogens (tertiary/aromatic N) is 5. The lowest BCUT2D eigenvalue weighted by Gasteiger charge is -2.51. The highest BCUT2D eigenvalue weighted by atomic mass is 16.4. The summed E-state index contributed by atoms with van der Waals surface area (Å²) >= 11 is 0. The number of fused-ring (bicyclic) bond motifs is 2. The first-order valence-corrected chi connectivity index (χ1v) is 12.4. The first-order chi connectivity index (χ1) is 17.4. The first-order valence-electron chi connectivity index (χ1n) is 12.4. The lowest BCUT2D eigenvalue weighted by atomic mass is 10.0. The number of rotatable bonds is 3. The zero-order valence-corrected chi connectivity index (χ0v) is 21.2. The normalized spacial score (nSPS) is 19.8. The highest BCUT2D eigenvalue weighted by Gasteiger charge is 2.37. The third-order valence-electron chi connectivity index (χ3n) is 6.94. The average Bonchev–Trinajstić information content (AvgIpc) is 2.88. The lowest BCUT2D eigenvalue weighted by Crippen LogP contribution is -2.65. The van der Waals surface area contributed by atoms with Crippen LogP contribution < -0.4 is 15.4 Å². The quantitative estimate of drug-likeness (QED) is 0.577. The van der Waals surface area contributed by atoms with Gasteiger partial charge >= 0.3 is 5.97 Å². The largest absolute Gasteiger partial charge is 0.478 e. The standard InChI is InChI=1S/C25H26N6O3.C2H6/c1-15-9-18(25(33)34)11-27-24(15)29-7-8-31-16(2)12-30(14-19(31)13-29)21-5-3-17(10-26)23-20(21)4-6-22(32)28-23;1-2/h3-6,9,11,16,19H,7-8,12-14H2,1-2H3,(H,28,32)(H,33,34);1-2H3. The number of pyridine rings is 2. The summed E-state index contributed by atoms with van der Waals surface area (Å²) in [6.07, 6.45) is 1.43. The number of aromatic amines is 1. The molecule has 0 bridgehead atoms. The number of aromatic nitrogens is 2. The summed E-state index contributed by atoms with van der Waals surface area (Å²) in [6.45, 7) is 12.3. The van der Waals surface area contributed by atoms with Crippen molar-refractivity contribution in [1.29, 1.82) is 5.26 Å². The van der Waals surface area contributed by atoms with Gasteiger partial charge in [0.1, 0.15) is 11.9 Å². The number of benzene rings is 1. The Morgan fingerprint density at radius 3 is 2.58 bits per heavy atom. The molecule has 0 amide bonds. The molecule has 9 nitrogen and oxygen atoms in total. The maximum atomic E-state index is 11.9. The Morgan fingerprint density at radius 1 is 1.14 bits per heavy atom. The predicted molar refractivity (Wildman–Crippen MR) is 141 cm³/mol. The molecule has 0 spiro atoms. The fraction of sp³-hybridized carbons (Fsp3) is 0.407. The van der Waals surface area contributed by atoms with Gasteiger partial charge in [0.25, 0.3) is 0 Å². The van der Waals surface area contributed by atoms with E-state index in [0.29, 0.717) is 17.1 Å². The zero-order chi connectivity index (χ0) is 26.0. The molecule has 5 rings (SSSR count). The molecule has 2 N–H and O–H groups in total. The number of aryl methyl sites for hydroxylation is 1. The second-order valence-corrected chi connectivity index (χ2v) is 9.12. The number of H-pyrrole nitrogens is 1. The summed E-state index contributed by atoms with van der Waals surface area (Å²) in [5.41, 5.74) is 2.87. The summed E-state index contributed by atoms with van der Waals surface area (Å²) in [7, 11) is 0. The van der Waals surface area contributed by atoms with Gasteiger partial charge in [-0.25, -0.2) is 9.78 Å². The number of aromatic carboxylic acids is 1. The molecule has 36 heavy (non-hydrogen) atoms. The minimum atomic E-state index is -0.972. The second kappa shape index (κ2) is 10.4. The fourth-order valence-electron chi connectivity index (χ4n) is 5.37. The predicted octanol–water partition coefficient (Wildman–Crippen LogP) is 3.23. The Hall–Kier alpha value is -3.90. The maximum absolute atomic E-state index is 11.9. The highest BCUT2D eigenvalue weighted by Crippen LogP contribution is 2.32. The molecule has 2 aliphatic heterocycles. The number of nitriles is 1. The van der Waals surface area contributed by atoms with Crippen molar-refractivity contribution in [2.24, 2.45) is 0 Å². The summed E-state index contributed by atoms with van der Waals surface area (Å²) < 4.78 is 0. The average molecular weight is 489 g/mol. The van der Waals surface area contributed by atoms with Gasteiger partial charge in [0.05, 0.1) is 16.6 Å². The molecule has 2 saturated heterocycles. The van der Waals surface area contributed by atoms with Crippen LogP contribution in [-0.4, -0.2) is 70.8 Å². The van der Waals surface area contributed by atoms with E-state index in [-0.39, 0.29) is 17.2 Å². The maximum Gasteiger partial charge on any atom is 0.337 e. The van der Waals surface area contributed by atoms with E-state index in [1.807, 2.05) is 26.8 Å². The van der Waals surface area contributed by atoms with Crippen molar-refractivity contribution in [2.75, 3.05) is 42.5 Å². The third kappa shape index (κ3) is 4.64. The number of hydrogen-bond acceptors (Lipinski definition) is 7. The number of nitrogens with one attached hydrogen (secondary N) is 1. The van der Waals surface area contributed by atoms with Crippen molar-refractivity contribution in [3.05, 3.63) is 63.6 Å². The molecule has 2 aliphatic rings. The van der Waals surface area contributed by atoms with E-state index in [4.69, 9.17) is 0 Å². The van der Waals surface area contributed by atoms with Gasteiger partial charge in [-0.15, -0.1) is 0 Å². The monoisotopic (exact) mass is 488 g/mol. The Morgan fingerprint density at radius 2 is 1.89 bits per heavy atom. The number of carboxylic acids is 1. The van der Waals surface area contributed by atoms with Crippen LogP contribution in [0.2, 0.25) is 0 Å². The SMILES string of the molecule is CC.Cc1cc(C(=O)O)cnc1N1CCN2C(C)CN(c3ccc(C#N)c4[nH]c(=O)ccc34)CC2C1. The van der Waals surface area contributed by atoms with Crippen LogP contribution in [0.1, 0.15) is 42.3 Å². The minimum Gasteiger partial charge on any atom is -0.478 e. The second-order valence-electron chi connectivity index (χ2n) is 9.12. The molecule has 0 radical (unpaired) electrons. The van der Waals surface area contributed by atoms with Crippen LogP contribution in [0.15, 0.2) is 41.3 Å². The van der Waals surface area contributed by atoms with E-state index in [1.165, 1.54) is 12.3 Å². The van der Waals surface area contributed by atoms with Gasteiger partial charge in [-0.3, -0.25) is 9.69 Å². The molecule has 0 aliphatic carbocycles. The molecule has 0 saturated carbocycles. The van der Waals surface area contributed by atoms with Crippen molar-refractivity contribution in [1.82, 2.24) is 14.9 Å². The van der Waals surface area contributed by atoms with Crippen LogP contribution >= 0.6 is 0 Å². The Bertz CT molecular complexity index is 1380. The number of carbonyl (C=O) groups is 1. The van der Waals surface area contributed by atoms with Crippen molar-refractivity contribution in [3.63, 3.8) is 0 Å². The van der Waals surface area contributed by atoms with Crippen molar-refractivity contribution < 1.29 is 9.90 Å². The first kappa shape index (κ1) is 25.2. The van der Waals surface area contributed by atoms with Gasteiger partial charge in [0, 0.05) is 68.1 Å². The Kier molecular flexibility index (Phi) is 7.27. The van der Waals surface area contributed by atoms with E-state index in [9.17, 15) is 20.0 Å². The molecule has 2 fully saturated rings. The van der Waals surface area contributed by atoms with E-state index in [0.717, 1.165) is 55.2 Å². The molecule has 2 aromatic heterocycles. The summed E-state index contributed by atoms with van der Waals surface area (Å²) in [5, 5.41) is 19.6. The molecule has 4 heterocycles. The topological polar surface area (TPSA) is 117 Å². The van der Waals surface area contributed by atoms with Gasteiger partial charge in [-0.2, -0.15) is 5.26 Å². The fourth-order valence-corrected chi connectivity index (χ4v) is 5.37. The van der Waals surface area contributed by atoms with Gasteiger partial charge in [-0.05, 0) is 43.7 Å². The molecule has 3 aromatic rings. The summed E-state index contributed by atoms with van der Waals surface area (Å²) in [5.74, 6) is -0.143. The summed E-state index contributed by atoms with van der Waals surface area (Å²) in [4.78, 5) is 37.6. The zero-order valence-electron chi connectivity index (χ0n) is 21.2. The molecule has 2 unspecified atom stereocenters. The van der Waals surface area contributed by atoms with Gasteiger partial charge in [0.2, 0.25) is 5.56 Å². The van der Waals surface area contributed by atoms with E-state index in [2.05, 4.69) is 37.7 Å². The summed E-state index contributed by atoms with van der Waals surface area (Å²) in [6, 6.07) is 11.5. The number of hydrogen-bond donors (Lipinski definition) is 2. The third-order valence-corrected chi connectivity index (χ3v) is 6.94.